The average Bonchev–Trinajstić information content (AvgIpc) is 3.88. The Hall–Kier alpha value is -4.50. The second-order valence-electron chi connectivity index (χ2n) is 12.1. The zero-order valence-electron chi connectivity index (χ0n) is 25.5. The summed E-state index contributed by atoms with van der Waals surface area (Å²) in [5.74, 6) is -1.51. The number of phenols is 1. The van der Waals surface area contributed by atoms with Gasteiger partial charge < -0.3 is 29.4 Å². The number of nitrogens with zero attached hydrogens (tertiary/aromatic N) is 7. The SMILES string of the molecule is [C-]#[N+]C[C@H]1CN(c2nc(OC[C@@H](C)N(C)C3CC3)nc3c2CCN(c2cc(O)cc4cccc(F)c24)C3)CCN1C(=O)C(=C)F. The van der Waals surface area contributed by atoms with Gasteiger partial charge in [-0.1, -0.05) is 18.7 Å². The highest BCUT2D eigenvalue weighted by atomic mass is 19.1. The number of amides is 1. The number of hydrogen-bond donors (Lipinski definition) is 1. The van der Waals surface area contributed by atoms with Crippen molar-refractivity contribution in [3.63, 3.8) is 0 Å². The van der Waals surface area contributed by atoms with Crippen LogP contribution < -0.4 is 14.5 Å². The van der Waals surface area contributed by atoms with E-state index >= 15 is 4.39 Å². The molecule has 1 aliphatic carbocycles. The molecule has 0 radical (unpaired) electrons. The number of fused-ring (bicyclic) bond motifs is 2. The first-order chi connectivity index (χ1) is 21.6. The Balaban J connectivity index is 1.34. The molecule has 2 aliphatic heterocycles. The second kappa shape index (κ2) is 12.5. The molecule has 45 heavy (non-hydrogen) atoms. The molecular formula is C33H37F2N7O3. The van der Waals surface area contributed by atoms with Crippen molar-refractivity contribution in [2.45, 2.75) is 50.9 Å². The van der Waals surface area contributed by atoms with Gasteiger partial charge in [0.15, 0.2) is 5.83 Å². The van der Waals surface area contributed by atoms with E-state index < -0.39 is 17.8 Å². The molecule has 12 heteroatoms. The Labute approximate surface area is 261 Å². The first-order valence-corrected chi connectivity index (χ1v) is 15.3. The second-order valence-corrected chi connectivity index (χ2v) is 12.1. The van der Waals surface area contributed by atoms with Gasteiger partial charge in [0.05, 0.1) is 17.9 Å². The molecule has 0 unspecified atom stereocenters. The number of likely N-dealkylation sites (N-methyl/N-ethyl adjacent to an activating group) is 1. The van der Waals surface area contributed by atoms with Crippen molar-refractivity contribution < 1.29 is 23.4 Å². The molecule has 3 aromatic rings. The van der Waals surface area contributed by atoms with Gasteiger partial charge in [-0.05, 0) is 50.8 Å². The van der Waals surface area contributed by atoms with Gasteiger partial charge in [0.25, 0.3) is 5.91 Å². The lowest BCUT2D eigenvalue weighted by Gasteiger charge is -2.41. The van der Waals surface area contributed by atoms with E-state index in [2.05, 4.69) is 30.3 Å². The predicted molar refractivity (Wildman–Crippen MR) is 168 cm³/mol. The van der Waals surface area contributed by atoms with Crippen LogP contribution in [0.4, 0.5) is 20.3 Å². The summed E-state index contributed by atoms with van der Waals surface area (Å²) in [6.45, 7) is 14.8. The van der Waals surface area contributed by atoms with Crippen molar-refractivity contribution in [1.29, 1.82) is 0 Å². The van der Waals surface area contributed by atoms with E-state index in [0.29, 0.717) is 61.0 Å². The largest absolute Gasteiger partial charge is 0.508 e. The van der Waals surface area contributed by atoms with Crippen molar-refractivity contribution in [3.05, 3.63) is 71.2 Å². The Bertz CT molecular complexity index is 1670. The molecule has 2 aromatic carbocycles. The van der Waals surface area contributed by atoms with Crippen molar-refractivity contribution in [3.8, 4) is 11.8 Å². The van der Waals surface area contributed by atoms with Crippen molar-refractivity contribution in [2.75, 3.05) is 56.2 Å². The fourth-order valence-electron chi connectivity index (χ4n) is 6.40. The van der Waals surface area contributed by atoms with Gasteiger partial charge in [-0.15, -0.1) is 0 Å². The zero-order valence-corrected chi connectivity index (χ0v) is 25.5. The van der Waals surface area contributed by atoms with Crippen molar-refractivity contribution >= 4 is 28.2 Å². The Morgan fingerprint density at radius 3 is 2.78 bits per heavy atom. The molecule has 1 N–H and O–H groups in total. The lowest BCUT2D eigenvalue weighted by atomic mass is 10.0. The normalized spacial score (nSPS) is 18.9. The number of benzene rings is 2. The van der Waals surface area contributed by atoms with Crippen LogP contribution in [-0.4, -0.2) is 95.3 Å². The highest BCUT2D eigenvalue weighted by Crippen LogP contribution is 2.38. The molecular weight excluding hydrogens is 580 g/mol. The summed E-state index contributed by atoms with van der Waals surface area (Å²) in [6, 6.07) is 8.31. The molecule has 1 saturated heterocycles. The van der Waals surface area contributed by atoms with E-state index in [-0.39, 0.29) is 43.3 Å². The maximum Gasteiger partial charge on any atom is 0.318 e. The van der Waals surface area contributed by atoms with Crippen LogP contribution in [0.5, 0.6) is 11.8 Å². The number of rotatable bonds is 9. The number of halogens is 2. The maximum atomic E-state index is 15.1. The van der Waals surface area contributed by atoms with Crippen LogP contribution in [0, 0.1) is 12.4 Å². The molecule has 0 bridgehead atoms. The van der Waals surface area contributed by atoms with Crippen molar-refractivity contribution in [1.82, 2.24) is 19.8 Å². The minimum absolute atomic E-state index is 0.0150. The fourth-order valence-corrected chi connectivity index (χ4v) is 6.40. The molecule has 1 aromatic heterocycles. The van der Waals surface area contributed by atoms with Gasteiger partial charge in [-0.25, -0.2) is 15.4 Å². The van der Waals surface area contributed by atoms with Crippen LogP contribution in [0.2, 0.25) is 0 Å². The number of aromatic hydroxyl groups is 1. The van der Waals surface area contributed by atoms with Gasteiger partial charge in [-0.2, -0.15) is 9.97 Å². The third-order valence-corrected chi connectivity index (χ3v) is 9.10. The predicted octanol–water partition coefficient (Wildman–Crippen LogP) is 4.32. The summed E-state index contributed by atoms with van der Waals surface area (Å²) < 4.78 is 35.1. The highest BCUT2D eigenvalue weighted by Gasteiger charge is 2.37. The van der Waals surface area contributed by atoms with Gasteiger partial charge in [0.2, 0.25) is 6.54 Å². The lowest BCUT2D eigenvalue weighted by molar-refractivity contribution is -0.131. The summed E-state index contributed by atoms with van der Waals surface area (Å²) in [5, 5.41) is 11.5. The van der Waals surface area contributed by atoms with Gasteiger partial charge >= 0.3 is 6.01 Å². The smallest absolute Gasteiger partial charge is 0.318 e. The molecule has 6 rings (SSSR count). The number of anilines is 2. The number of ether oxygens (including phenoxy) is 1. The zero-order chi connectivity index (χ0) is 31.8. The van der Waals surface area contributed by atoms with E-state index in [1.54, 1.807) is 24.3 Å². The topological polar surface area (TPSA) is 89.6 Å². The monoisotopic (exact) mass is 617 g/mol. The summed E-state index contributed by atoms with van der Waals surface area (Å²) in [4.78, 5) is 33.4. The molecule has 1 saturated carbocycles. The Morgan fingerprint density at radius 2 is 2.04 bits per heavy atom. The van der Waals surface area contributed by atoms with Crippen LogP contribution in [-0.2, 0) is 17.8 Å². The van der Waals surface area contributed by atoms with Crippen LogP contribution in [0.3, 0.4) is 0 Å². The van der Waals surface area contributed by atoms with E-state index in [1.165, 1.54) is 23.8 Å². The molecule has 2 fully saturated rings. The number of carbonyl (C=O) groups excluding carboxylic acids is 1. The Kier molecular flexibility index (Phi) is 8.46. The number of phenolic OH excluding ortho intramolecular Hbond substituents is 1. The number of carbonyl (C=O) groups is 1. The number of aromatic nitrogens is 2. The van der Waals surface area contributed by atoms with Crippen LogP contribution in [0.25, 0.3) is 15.6 Å². The number of piperazine rings is 1. The molecule has 236 valence electrons. The van der Waals surface area contributed by atoms with Gasteiger partial charge in [0, 0.05) is 55.3 Å². The standard InChI is InChI=1S/C33H37F2N7O3/c1-20(39(4)23-8-9-23)19-45-33-37-28-18-40(29-15-25(43)14-22-6-5-7-27(35)30(22)29)11-10-26(28)31(38-33)41-12-13-42(32(44)21(2)34)24(17-41)16-36-3/h5-7,14-15,20,23-24,43H,2,8-13,16-19H2,1,4H3/t20-,24+/m1/s1. The average molecular weight is 618 g/mol. The first-order valence-electron chi connectivity index (χ1n) is 15.3. The quantitative estimate of drug-likeness (QED) is 0.281. The lowest BCUT2D eigenvalue weighted by Crippen LogP contribution is -2.57. The first kappa shape index (κ1) is 30.5. The summed E-state index contributed by atoms with van der Waals surface area (Å²) in [7, 11) is 2.09. The minimum Gasteiger partial charge on any atom is -0.508 e. The maximum absolute atomic E-state index is 15.1. The number of hydrogen-bond acceptors (Lipinski definition) is 8. The summed E-state index contributed by atoms with van der Waals surface area (Å²) in [6.07, 6.45) is 2.89. The molecule has 3 heterocycles. The Morgan fingerprint density at radius 1 is 1.24 bits per heavy atom. The summed E-state index contributed by atoms with van der Waals surface area (Å²) in [5.41, 5.74) is 2.20. The van der Waals surface area contributed by atoms with Crippen LogP contribution >= 0.6 is 0 Å². The third kappa shape index (κ3) is 6.22. The molecule has 1 amide bonds. The van der Waals surface area contributed by atoms with E-state index in [0.717, 1.165) is 11.3 Å². The van der Waals surface area contributed by atoms with Crippen molar-refractivity contribution in [2.24, 2.45) is 0 Å². The third-order valence-electron chi connectivity index (χ3n) is 9.10. The molecule has 0 spiro atoms. The van der Waals surface area contributed by atoms with Gasteiger partial charge in [-0.3, -0.25) is 9.69 Å². The highest BCUT2D eigenvalue weighted by molar-refractivity contribution is 5.96. The minimum atomic E-state index is -1.05. The molecule has 3 aliphatic rings. The van der Waals surface area contributed by atoms with E-state index in [1.807, 2.05) is 9.80 Å². The molecule has 2 atom stereocenters. The van der Waals surface area contributed by atoms with Crippen LogP contribution in [0.1, 0.15) is 31.0 Å². The van der Waals surface area contributed by atoms with E-state index in [9.17, 15) is 14.3 Å². The van der Waals surface area contributed by atoms with Gasteiger partial charge in [0.1, 0.15) is 30.0 Å². The van der Waals surface area contributed by atoms with E-state index in [4.69, 9.17) is 21.3 Å². The van der Waals surface area contributed by atoms with Crippen LogP contribution in [0.15, 0.2) is 42.7 Å². The fraction of sp³-hybridized carbons (Fsp3) is 0.455. The molecule has 10 nitrogen and oxygen atoms in total. The summed E-state index contributed by atoms with van der Waals surface area (Å²) >= 11 is 0.